The number of carbonyl (C=O) groups is 1. The maximum Gasteiger partial charge on any atom is 0.272 e. The van der Waals surface area contributed by atoms with Crippen LogP contribution in [0.15, 0.2) is 24.3 Å². The predicted octanol–water partition coefficient (Wildman–Crippen LogP) is 3.01. The highest BCUT2D eigenvalue weighted by Crippen LogP contribution is 2.22. The summed E-state index contributed by atoms with van der Waals surface area (Å²) in [5.41, 5.74) is 6.16. The second-order valence-electron chi connectivity index (χ2n) is 6.29. The van der Waals surface area contributed by atoms with Gasteiger partial charge < -0.3 is 10.3 Å². The molecule has 0 spiro atoms. The number of benzene rings is 1. The number of hydrogen-bond acceptors (Lipinski definition) is 2. The number of rotatable bonds is 3. The van der Waals surface area contributed by atoms with Crippen molar-refractivity contribution in [1.82, 2.24) is 20.5 Å². The standard InChI is InChI=1S/C18H20N4O/c1-11-8-13-9-12(6-7-15(13)20-11)10-19-18(23)17-14-4-2-3-5-16(14)21-22-17/h6-9,20H,2-5,10H2,1H3,(H,19,23)(H,21,22). The van der Waals surface area contributed by atoms with E-state index in [4.69, 9.17) is 0 Å². The van der Waals surface area contributed by atoms with Crippen molar-refractivity contribution in [3.63, 3.8) is 0 Å². The van der Waals surface area contributed by atoms with Gasteiger partial charge in [0.1, 0.15) is 0 Å². The maximum atomic E-state index is 12.4. The van der Waals surface area contributed by atoms with E-state index in [1.807, 2.05) is 13.0 Å². The number of amides is 1. The number of aryl methyl sites for hydroxylation is 2. The Morgan fingerprint density at radius 2 is 2.13 bits per heavy atom. The fraction of sp³-hybridized carbons (Fsp3) is 0.333. The first-order valence-electron chi connectivity index (χ1n) is 8.13. The highest BCUT2D eigenvalue weighted by molar-refractivity contribution is 5.94. The van der Waals surface area contributed by atoms with Gasteiger partial charge >= 0.3 is 0 Å². The highest BCUT2D eigenvalue weighted by Gasteiger charge is 2.21. The van der Waals surface area contributed by atoms with Gasteiger partial charge in [-0.15, -0.1) is 0 Å². The van der Waals surface area contributed by atoms with Gasteiger partial charge in [0.2, 0.25) is 0 Å². The molecule has 2 aromatic heterocycles. The topological polar surface area (TPSA) is 73.6 Å². The molecule has 5 nitrogen and oxygen atoms in total. The Bertz CT molecular complexity index is 874. The molecule has 2 heterocycles. The first-order valence-corrected chi connectivity index (χ1v) is 8.13. The molecule has 0 unspecified atom stereocenters. The van der Waals surface area contributed by atoms with Gasteiger partial charge in [0.25, 0.3) is 5.91 Å². The summed E-state index contributed by atoms with van der Waals surface area (Å²) < 4.78 is 0. The van der Waals surface area contributed by atoms with E-state index in [1.54, 1.807) is 0 Å². The lowest BCUT2D eigenvalue weighted by Gasteiger charge is -2.11. The van der Waals surface area contributed by atoms with Gasteiger partial charge in [-0.25, -0.2) is 0 Å². The highest BCUT2D eigenvalue weighted by atomic mass is 16.1. The second-order valence-corrected chi connectivity index (χ2v) is 6.29. The lowest BCUT2D eigenvalue weighted by Crippen LogP contribution is -2.24. The molecule has 0 saturated carbocycles. The fourth-order valence-corrected chi connectivity index (χ4v) is 3.37. The normalized spacial score (nSPS) is 14.0. The molecule has 0 atom stereocenters. The van der Waals surface area contributed by atoms with E-state index >= 15 is 0 Å². The third kappa shape index (κ3) is 2.63. The number of nitrogens with zero attached hydrogens (tertiary/aromatic N) is 1. The maximum absolute atomic E-state index is 12.4. The smallest absolute Gasteiger partial charge is 0.272 e. The summed E-state index contributed by atoms with van der Waals surface area (Å²) in [6, 6.07) is 8.32. The quantitative estimate of drug-likeness (QED) is 0.696. The number of hydrogen-bond donors (Lipinski definition) is 3. The van der Waals surface area contributed by atoms with E-state index < -0.39 is 0 Å². The SMILES string of the molecule is Cc1cc2cc(CNC(=O)c3n[nH]c4c3CCCC4)ccc2[nH]1. The Morgan fingerprint density at radius 3 is 3.04 bits per heavy atom. The zero-order valence-electron chi connectivity index (χ0n) is 13.2. The first-order chi connectivity index (χ1) is 11.2. The van der Waals surface area contributed by atoms with Crippen LogP contribution in [0.4, 0.5) is 0 Å². The molecule has 1 amide bonds. The summed E-state index contributed by atoms with van der Waals surface area (Å²) in [6.07, 6.45) is 4.25. The number of aromatic amines is 2. The molecule has 1 aliphatic rings. The van der Waals surface area contributed by atoms with E-state index in [-0.39, 0.29) is 5.91 Å². The number of fused-ring (bicyclic) bond motifs is 2. The van der Waals surface area contributed by atoms with Crippen molar-refractivity contribution in [2.45, 2.75) is 39.2 Å². The molecule has 0 radical (unpaired) electrons. The van der Waals surface area contributed by atoms with Crippen LogP contribution in [0, 0.1) is 6.92 Å². The van der Waals surface area contributed by atoms with Crippen LogP contribution < -0.4 is 5.32 Å². The van der Waals surface area contributed by atoms with Crippen LogP contribution in [0.2, 0.25) is 0 Å². The van der Waals surface area contributed by atoms with E-state index in [2.05, 4.69) is 38.7 Å². The van der Waals surface area contributed by atoms with Crippen LogP contribution in [0.3, 0.4) is 0 Å². The van der Waals surface area contributed by atoms with Crippen molar-refractivity contribution >= 4 is 16.8 Å². The molecular weight excluding hydrogens is 288 g/mol. The molecule has 0 fully saturated rings. The molecule has 0 aliphatic heterocycles. The van der Waals surface area contributed by atoms with Crippen molar-refractivity contribution in [3.05, 3.63) is 52.5 Å². The molecule has 0 bridgehead atoms. The Balaban J connectivity index is 1.49. The molecule has 5 heteroatoms. The van der Waals surface area contributed by atoms with E-state index in [9.17, 15) is 4.79 Å². The lowest BCUT2D eigenvalue weighted by molar-refractivity contribution is 0.0945. The third-order valence-electron chi connectivity index (χ3n) is 4.54. The van der Waals surface area contributed by atoms with Gasteiger partial charge in [0, 0.05) is 29.0 Å². The summed E-state index contributed by atoms with van der Waals surface area (Å²) in [6.45, 7) is 2.56. The van der Waals surface area contributed by atoms with Gasteiger partial charge in [-0.1, -0.05) is 6.07 Å². The van der Waals surface area contributed by atoms with Crippen molar-refractivity contribution in [2.75, 3.05) is 0 Å². The molecular formula is C18H20N4O. The number of carbonyl (C=O) groups excluding carboxylic acids is 1. The van der Waals surface area contributed by atoms with Crippen molar-refractivity contribution < 1.29 is 4.79 Å². The Kier molecular flexibility index (Phi) is 3.41. The van der Waals surface area contributed by atoms with Gasteiger partial charge in [-0.05, 0) is 61.8 Å². The van der Waals surface area contributed by atoms with Crippen LogP contribution >= 0.6 is 0 Å². The first kappa shape index (κ1) is 14.1. The summed E-state index contributed by atoms with van der Waals surface area (Å²) >= 11 is 0. The summed E-state index contributed by atoms with van der Waals surface area (Å²) in [5.74, 6) is -0.0882. The second kappa shape index (κ2) is 5.57. The van der Waals surface area contributed by atoms with Crippen LogP contribution in [0.5, 0.6) is 0 Å². The van der Waals surface area contributed by atoms with Gasteiger partial charge in [-0.2, -0.15) is 5.10 Å². The van der Waals surface area contributed by atoms with Crippen molar-refractivity contribution in [2.24, 2.45) is 0 Å². The largest absolute Gasteiger partial charge is 0.359 e. The average molecular weight is 308 g/mol. The van der Waals surface area contributed by atoms with E-state index in [1.165, 1.54) is 11.8 Å². The molecule has 1 aromatic carbocycles. The van der Waals surface area contributed by atoms with Crippen LogP contribution in [0.25, 0.3) is 10.9 Å². The fourth-order valence-electron chi connectivity index (χ4n) is 3.37. The average Bonchev–Trinajstić information content (AvgIpc) is 3.14. The Hall–Kier alpha value is -2.56. The van der Waals surface area contributed by atoms with Crippen LogP contribution in [0.1, 0.15) is 45.8 Å². The van der Waals surface area contributed by atoms with Crippen LogP contribution in [-0.2, 0) is 19.4 Å². The molecule has 23 heavy (non-hydrogen) atoms. The molecule has 118 valence electrons. The minimum Gasteiger partial charge on any atom is -0.359 e. The minimum atomic E-state index is -0.0882. The van der Waals surface area contributed by atoms with Gasteiger partial charge in [-0.3, -0.25) is 9.89 Å². The number of aromatic nitrogens is 3. The van der Waals surface area contributed by atoms with Crippen molar-refractivity contribution in [1.29, 1.82) is 0 Å². The summed E-state index contributed by atoms with van der Waals surface area (Å²) in [5, 5.41) is 11.4. The molecule has 3 N–H and O–H groups in total. The number of nitrogens with one attached hydrogen (secondary N) is 3. The summed E-state index contributed by atoms with van der Waals surface area (Å²) in [7, 11) is 0. The lowest BCUT2D eigenvalue weighted by atomic mass is 9.96. The zero-order chi connectivity index (χ0) is 15.8. The molecule has 4 rings (SSSR count). The van der Waals surface area contributed by atoms with Crippen LogP contribution in [-0.4, -0.2) is 21.1 Å². The molecule has 0 saturated heterocycles. The Morgan fingerprint density at radius 1 is 1.26 bits per heavy atom. The molecule has 3 aromatic rings. The van der Waals surface area contributed by atoms with E-state index in [0.717, 1.165) is 47.3 Å². The monoisotopic (exact) mass is 308 g/mol. The third-order valence-corrected chi connectivity index (χ3v) is 4.54. The van der Waals surface area contributed by atoms with E-state index in [0.29, 0.717) is 12.2 Å². The van der Waals surface area contributed by atoms with Gasteiger partial charge in [0.05, 0.1) is 0 Å². The Labute approximate surface area is 134 Å². The zero-order valence-corrected chi connectivity index (χ0v) is 13.2. The number of H-pyrrole nitrogens is 2. The molecule has 1 aliphatic carbocycles. The minimum absolute atomic E-state index is 0.0882. The summed E-state index contributed by atoms with van der Waals surface area (Å²) in [4.78, 5) is 15.7. The van der Waals surface area contributed by atoms with Gasteiger partial charge in [0.15, 0.2) is 5.69 Å². The van der Waals surface area contributed by atoms with Crippen molar-refractivity contribution in [3.8, 4) is 0 Å². The predicted molar refractivity (Wildman–Crippen MR) is 89.4 cm³/mol.